The predicted molar refractivity (Wildman–Crippen MR) is 65.5 cm³/mol. The van der Waals surface area contributed by atoms with E-state index < -0.39 is 11.8 Å². The monoisotopic (exact) mass is 261 g/mol. The summed E-state index contributed by atoms with van der Waals surface area (Å²) in [5.74, 6) is -0.260. The van der Waals surface area contributed by atoms with E-state index in [-0.39, 0.29) is 12.3 Å². The van der Waals surface area contributed by atoms with E-state index >= 15 is 0 Å². The first kappa shape index (κ1) is 12.6. The average Bonchev–Trinajstić information content (AvgIpc) is 3.08. The highest BCUT2D eigenvalue weighted by atomic mass is 16.3. The fourth-order valence-corrected chi connectivity index (χ4v) is 1.23. The molecule has 0 aliphatic carbocycles. The zero-order valence-electron chi connectivity index (χ0n) is 9.83. The Hall–Kier alpha value is -2.83. The van der Waals surface area contributed by atoms with Crippen molar-refractivity contribution in [3.8, 4) is 0 Å². The molecule has 0 bridgehead atoms. The van der Waals surface area contributed by atoms with Gasteiger partial charge in [0.05, 0.1) is 25.3 Å². The lowest BCUT2D eigenvalue weighted by Gasteiger charge is -2.01. The van der Waals surface area contributed by atoms with E-state index in [0.717, 1.165) is 0 Å². The third-order valence-electron chi connectivity index (χ3n) is 2.08. The van der Waals surface area contributed by atoms with Crippen molar-refractivity contribution in [1.82, 2.24) is 10.7 Å². The molecule has 98 valence electrons. The van der Waals surface area contributed by atoms with Crippen LogP contribution in [0.1, 0.15) is 16.3 Å². The van der Waals surface area contributed by atoms with Crippen LogP contribution in [0.2, 0.25) is 0 Å². The Morgan fingerprint density at radius 1 is 1.21 bits per heavy atom. The third kappa shape index (κ3) is 3.84. The number of nitrogens with one attached hydrogen (secondary N) is 2. The van der Waals surface area contributed by atoms with Crippen LogP contribution in [0.4, 0.5) is 0 Å². The van der Waals surface area contributed by atoms with E-state index in [1.807, 2.05) is 0 Å². The van der Waals surface area contributed by atoms with Crippen molar-refractivity contribution in [3.63, 3.8) is 0 Å². The molecular formula is C12H11N3O4. The van der Waals surface area contributed by atoms with Crippen LogP contribution in [0, 0.1) is 0 Å². The topological polar surface area (TPSA) is 96.8 Å². The smallest absolute Gasteiger partial charge is 0.287 e. The number of carbonyl (C=O) groups excluding carboxylic acids is 2. The Balaban J connectivity index is 1.71. The van der Waals surface area contributed by atoms with E-state index in [4.69, 9.17) is 8.83 Å². The van der Waals surface area contributed by atoms with Crippen molar-refractivity contribution in [2.45, 2.75) is 0 Å². The first-order valence-corrected chi connectivity index (χ1v) is 5.43. The molecule has 2 aromatic heterocycles. The van der Waals surface area contributed by atoms with E-state index in [9.17, 15) is 9.59 Å². The average molecular weight is 261 g/mol. The van der Waals surface area contributed by atoms with Crippen LogP contribution < -0.4 is 10.7 Å². The van der Waals surface area contributed by atoms with Gasteiger partial charge >= 0.3 is 0 Å². The molecule has 0 saturated carbocycles. The van der Waals surface area contributed by atoms with Gasteiger partial charge in [-0.15, -0.1) is 0 Å². The van der Waals surface area contributed by atoms with Crippen molar-refractivity contribution in [2.24, 2.45) is 5.10 Å². The molecule has 2 N–H and O–H groups in total. The van der Waals surface area contributed by atoms with E-state index in [1.54, 1.807) is 18.2 Å². The normalized spacial score (nSPS) is 10.5. The third-order valence-corrected chi connectivity index (χ3v) is 2.08. The summed E-state index contributed by atoms with van der Waals surface area (Å²) >= 11 is 0. The minimum Gasteiger partial charge on any atom is -0.463 e. The number of rotatable bonds is 5. The molecule has 0 aliphatic heterocycles. The van der Waals surface area contributed by atoms with Gasteiger partial charge in [-0.1, -0.05) is 0 Å². The predicted octanol–water partition coefficient (Wildman–Crippen LogP) is 0.753. The molecule has 7 heteroatoms. The van der Waals surface area contributed by atoms with Gasteiger partial charge in [-0.05, 0) is 24.3 Å². The maximum Gasteiger partial charge on any atom is 0.287 e. The fraction of sp³-hybridized carbons (Fsp3) is 0.0833. The molecule has 0 atom stereocenters. The van der Waals surface area contributed by atoms with Gasteiger partial charge in [0.15, 0.2) is 5.76 Å². The maximum atomic E-state index is 11.4. The van der Waals surface area contributed by atoms with Crippen molar-refractivity contribution in [3.05, 3.63) is 48.3 Å². The van der Waals surface area contributed by atoms with Gasteiger partial charge in [0.1, 0.15) is 5.76 Å². The zero-order chi connectivity index (χ0) is 13.5. The summed E-state index contributed by atoms with van der Waals surface area (Å²) in [4.78, 5) is 22.8. The van der Waals surface area contributed by atoms with Gasteiger partial charge in [0.2, 0.25) is 0 Å². The highest BCUT2D eigenvalue weighted by Crippen LogP contribution is 1.98. The summed E-state index contributed by atoms with van der Waals surface area (Å²) in [7, 11) is 0. The van der Waals surface area contributed by atoms with Crippen molar-refractivity contribution in [1.29, 1.82) is 0 Å². The van der Waals surface area contributed by atoms with Gasteiger partial charge in [-0.3, -0.25) is 9.59 Å². The van der Waals surface area contributed by atoms with E-state index in [0.29, 0.717) is 5.76 Å². The number of carbonyl (C=O) groups is 2. The lowest BCUT2D eigenvalue weighted by atomic mass is 10.4. The molecular weight excluding hydrogens is 250 g/mol. The molecule has 7 nitrogen and oxygen atoms in total. The standard InChI is InChI=1S/C12H11N3O4/c16-11(15-14-7-9-3-1-5-18-9)8-13-12(17)10-4-2-6-19-10/h1-7H,8H2,(H,13,17)(H,15,16)/b14-7-. The Kier molecular flexibility index (Phi) is 4.12. The minimum atomic E-state index is -0.463. The van der Waals surface area contributed by atoms with Gasteiger partial charge in [-0.2, -0.15) is 5.10 Å². The van der Waals surface area contributed by atoms with Gasteiger partial charge in [0.25, 0.3) is 11.8 Å². The Bertz CT molecular complexity index is 558. The van der Waals surface area contributed by atoms with Crippen LogP contribution in [0.3, 0.4) is 0 Å². The number of hydrazone groups is 1. The molecule has 0 spiro atoms. The minimum absolute atomic E-state index is 0.145. The van der Waals surface area contributed by atoms with E-state index in [1.165, 1.54) is 24.8 Å². The summed E-state index contributed by atoms with van der Waals surface area (Å²) in [5, 5.41) is 6.05. The summed E-state index contributed by atoms with van der Waals surface area (Å²) in [6, 6.07) is 6.48. The van der Waals surface area contributed by atoms with Crippen LogP contribution in [-0.2, 0) is 4.79 Å². The summed E-state index contributed by atoms with van der Waals surface area (Å²) in [5.41, 5.74) is 2.25. The first-order chi connectivity index (χ1) is 9.25. The molecule has 2 heterocycles. The quantitative estimate of drug-likeness (QED) is 0.613. The highest BCUT2D eigenvalue weighted by molar-refractivity contribution is 5.94. The number of hydrogen-bond acceptors (Lipinski definition) is 5. The lowest BCUT2D eigenvalue weighted by molar-refractivity contribution is -0.120. The van der Waals surface area contributed by atoms with Crippen LogP contribution in [0.5, 0.6) is 0 Å². The molecule has 0 aliphatic rings. The van der Waals surface area contributed by atoms with Gasteiger partial charge < -0.3 is 14.2 Å². The molecule has 0 radical (unpaired) electrons. The molecule has 2 rings (SSSR count). The van der Waals surface area contributed by atoms with Crippen molar-refractivity contribution in [2.75, 3.05) is 6.54 Å². The SMILES string of the molecule is O=C(CNC(=O)c1ccco1)N/N=C\c1ccco1. The van der Waals surface area contributed by atoms with E-state index in [2.05, 4.69) is 15.8 Å². The molecule has 0 unspecified atom stereocenters. The molecule has 0 saturated heterocycles. The fourth-order valence-electron chi connectivity index (χ4n) is 1.23. The van der Waals surface area contributed by atoms with Gasteiger partial charge in [-0.25, -0.2) is 5.43 Å². The number of amides is 2. The Morgan fingerprint density at radius 2 is 2.00 bits per heavy atom. The number of hydrogen-bond donors (Lipinski definition) is 2. The summed E-state index contributed by atoms with van der Waals surface area (Å²) in [6.07, 6.45) is 4.22. The Labute approximate surface area is 108 Å². The second-order valence-electron chi connectivity index (χ2n) is 3.47. The van der Waals surface area contributed by atoms with Crippen molar-refractivity contribution < 1.29 is 18.4 Å². The summed E-state index contributed by atoms with van der Waals surface area (Å²) < 4.78 is 9.85. The summed E-state index contributed by atoms with van der Waals surface area (Å²) in [6.45, 7) is -0.199. The van der Waals surface area contributed by atoms with Crippen LogP contribution >= 0.6 is 0 Å². The van der Waals surface area contributed by atoms with Crippen LogP contribution in [0.15, 0.2) is 50.7 Å². The second kappa shape index (κ2) is 6.20. The Morgan fingerprint density at radius 3 is 2.68 bits per heavy atom. The number of furan rings is 2. The molecule has 2 amide bonds. The first-order valence-electron chi connectivity index (χ1n) is 5.43. The van der Waals surface area contributed by atoms with Gasteiger partial charge in [0, 0.05) is 0 Å². The molecule has 19 heavy (non-hydrogen) atoms. The lowest BCUT2D eigenvalue weighted by Crippen LogP contribution is -2.34. The van der Waals surface area contributed by atoms with Crippen LogP contribution in [0.25, 0.3) is 0 Å². The second-order valence-corrected chi connectivity index (χ2v) is 3.47. The zero-order valence-corrected chi connectivity index (χ0v) is 9.83. The van der Waals surface area contributed by atoms with Crippen molar-refractivity contribution >= 4 is 18.0 Å². The largest absolute Gasteiger partial charge is 0.463 e. The molecule has 0 aromatic carbocycles. The van der Waals surface area contributed by atoms with Crippen LogP contribution in [-0.4, -0.2) is 24.6 Å². The molecule has 2 aromatic rings. The maximum absolute atomic E-state index is 11.4. The molecule has 0 fully saturated rings. The number of nitrogens with zero attached hydrogens (tertiary/aromatic N) is 1. The highest BCUT2D eigenvalue weighted by Gasteiger charge is 2.09.